The van der Waals surface area contributed by atoms with E-state index in [0.717, 1.165) is 29.9 Å². The molecule has 1 aromatic heterocycles. The van der Waals surface area contributed by atoms with Crippen LogP contribution in [0.4, 0.5) is 5.69 Å². The Morgan fingerprint density at radius 2 is 2.20 bits per heavy atom. The number of aromatic amines is 1. The third kappa shape index (κ3) is 2.37. The molecule has 0 amide bonds. The molecule has 2 aromatic rings. The molecule has 78 valence electrons. The molecule has 0 aliphatic carbocycles. The minimum Gasteiger partial charge on any atom is -0.399 e. The molecule has 2 rings (SSSR count). The summed E-state index contributed by atoms with van der Waals surface area (Å²) >= 11 is 0. The predicted molar refractivity (Wildman–Crippen MR) is 61.6 cm³/mol. The lowest BCUT2D eigenvalue weighted by Gasteiger charge is -2.03. The van der Waals surface area contributed by atoms with Crippen LogP contribution in [0.25, 0.3) is 0 Å². The van der Waals surface area contributed by atoms with Crippen LogP contribution in [-0.4, -0.2) is 9.97 Å². The van der Waals surface area contributed by atoms with Crippen LogP contribution in [0.3, 0.4) is 0 Å². The first-order chi connectivity index (χ1) is 7.25. The van der Waals surface area contributed by atoms with E-state index in [1.165, 1.54) is 5.56 Å². The van der Waals surface area contributed by atoms with Crippen molar-refractivity contribution in [1.82, 2.24) is 9.97 Å². The summed E-state index contributed by atoms with van der Waals surface area (Å²) < 4.78 is 0. The highest BCUT2D eigenvalue weighted by Gasteiger charge is 1.99. The quantitative estimate of drug-likeness (QED) is 0.747. The zero-order chi connectivity index (χ0) is 10.7. The second-order valence-corrected chi connectivity index (χ2v) is 3.73. The van der Waals surface area contributed by atoms with Crippen molar-refractivity contribution >= 4 is 5.69 Å². The number of nitrogens with one attached hydrogen (secondary N) is 1. The maximum Gasteiger partial charge on any atom is 0.106 e. The molecule has 3 nitrogen and oxygen atoms in total. The fourth-order valence-corrected chi connectivity index (χ4v) is 1.54. The fourth-order valence-electron chi connectivity index (χ4n) is 1.54. The van der Waals surface area contributed by atoms with Gasteiger partial charge in [-0.05, 0) is 30.5 Å². The van der Waals surface area contributed by atoms with Crippen molar-refractivity contribution in [2.45, 2.75) is 19.8 Å². The number of rotatable bonds is 3. The Hall–Kier alpha value is -1.77. The molecule has 1 heterocycles. The van der Waals surface area contributed by atoms with Gasteiger partial charge in [0.15, 0.2) is 0 Å². The monoisotopic (exact) mass is 201 g/mol. The molecule has 3 N–H and O–H groups in total. The van der Waals surface area contributed by atoms with Gasteiger partial charge in [-0.2, -0.15) is 0 Å². The molecule has 0 aliphatic heterocycles. The second kappa shape index (κ2) is 4.17. The van der Waals surface area contributed by atoms with Crippen molar-refractivity contribution in [3.63, 3.8) is 0 Å². The summed E-state index contributed by atoms with van der Waals surface area (Å²) in [7, 11) is 0. The predicted octanol–water partition coefficient (Wildman–Crippen LogP) is 2.09. The lowest BCUT2D eigenvalue weighted by molar-refractivity contribution is 0.884. The Morgan fingerprint density at radius 1 is 1.33 bits per heavy atom. The molecular weight excluding hydrogens is 186 g/mol. The first kappa shape index (κ1) is 9.77. The van der Waals surface area contributed by atoms with Crippen LogP contribution >= 0.6 is 0 Å². The number of hydrogen-bond donors (Lipinski definition) is 2. The minimum absolute atomic E-state index is 0.868. The SMILES string of the molecule is Cc1ccc(CCc2ncc[nH]2)cc1N. The summed E-state index contributed by atoms with van der Waals surface area (Å²) in [5.41, 5.74) is 9.11. The van der Waals surface area contributed by atoms with Crippen molar-refractivity contribution in [3.05, 3.63) is 47.5 Å². The van der Waals surface area contributed by atoms with E-state index < -0.39 is 0 Å². The zero-order valence-electron chi connectivity index (χ0n) is 8.83. The van der Waals surface area contributed by atoms with E-state index in [9.17, 15) is 0 Å². The van der Waals surface area contributed by atoms with Gasteiger partial charge >= 0.3 is 0 Å². The Morgan fingerprint density at radius 3 is 2.87 bits per heavy atom. The topological polar surface area (TPSA) is 54.7 Å². The maximum absolute atomic E-state index is 5.85. The largest absolute Gasteiger partial charge is 0.399 e. The van der Waals surface area contributed by atoms with Crippen LogP contribution in [0.5, 0.6) is 0 Å². The van der Waals surface area contributed by atoms with Gasteiger partial charge in [0.25, 0.3) is 0 Å². The van der Waals surface area contributed by atoms with Crippen molar-refractivity contribution in [2.24, 2.45) is 0 Å². The van der Waals surface area contributed by atoms with E-state index >= 15 is 0 Å². The molecule has 1 aromatic carbocycles. The van der Waals surface area contributed by atoms with Gasteiger partial charge in [0, 0.05) is 24.5 Å². The molecule has 0 saturated carbocycles. The van der Waals surface area contributed by atoms with Crippen LogP contribution < -0.4 is 5.73 Å². The number of anilines is 1. The number of hydrogen-bond acceptors (Lipinski definition) is 2. The summed E-state index contributed by atoms with van der Waals surface area (Å²) in [5.74, 6) is 1.02. The van der Waals surface area contributed by atoms with Gasteiger partial charge in [0.2, 0.25) is 0 Å². The molecule has 0 spiro atoms. The highest BCUT2D eigenvalue weighted by molar-refractivity contribution is 5.48. The van der Waals surface area contributed by atoms with Gasteiger partial charge < -0.3 is 10.7 Å². The summed E-state index contributed by atoms with van der Waals surface area (Å²) in [4.78, 5) is 7.28. The van der Waals surface area contributed by atoms with E-state index in [1.807, 2.05) is 19.2 Å². The normalized spacial score (nSPS) is 10.5. The number of aromatic nitrogens is 2. The highest BCUT2D eigenvalue weighted by atomic mass is 14.9. The zero-order valence-corrected chi connectivity index (χ0v) is 8.83. The molecule has 0 aliphatic rings. The number of nitrogens with two attached hydrogens (primary N) is 1. The first-order valence-corrected chi connectivity index (χ1v) is 5.09. The van der Waals surface area contributed by atoms with Gasteiger partial charge in [-0.25, -0.2) is 4.98 Å². The molecule has 0 atom stereocenters. The van der Waals surface area contributed by atoms with Crippen LogP contribution in [0.2, 0.25) is 0 Å². The van der Waals surface area contributed by atoms with E-state index in [-0.39, 0.29) is 0 Å². The number of nitrogen functional groups attached to an aromatic ring is 1. The number of aryl methyl sites for hydroxylation is 3. The van der Waals surface area contributed by atoms with E-state index in [1.54, 1.807) is 6.20 Å². The average molecular weight is 201 g/mol. The number of H-pyrrole nitrogens is 1. The van der Waals surface area contributed by atoms with Gasteiger partial charge in [-0.1, -0.05) is 12.1 Å². The lowest BCUT2D eigenvalue weighted by atomic mass is 10.1. The smallest absolute Gasteiger partial charge is 0.106 e. The average Bonchev–Trinajstić information content (AvgIpc) is 2.73. The van der Waals surface area contributed by atoms with Crippen LogP contribution in [0.15, 0.2) is 30.6 Å². The Bertz CT molecular complexity index is 432. The Labute approximate surface area is 89.4 Å². The first-order valence-electron chi connectivity index (χ1n) is 5.09. The molecule has 0 unspecified atom stereocenters. The van der Waals surface area contributed by atoms with Gasteiger partial charge in [0.1, 0.15) is 5.82 Å². The van der Waals surface area contributed by atoms with Crippen LogP contribution in [-0.2, 0) is 12.8 Å². The number of imidazole rings is 1. The van der Waals surface area contributed by atoms with Crippen molar-refractivity contribution in [2.75, 3.05) is 5.73 Å². The molecule has 0 radical (unpaired) electrons. The lowest BCUT2D eigenvalue weighted by Crippen LogP contribution is -1.96. The van der Waals surface area contributed by atoms with Crippen LogP contribution in [0.1, 0.15) is 17.0 Å². The van der Waals surface area contributed by atoms with Crippen molar-refractivity contribution in [3.8, 4) is 0 Å². The summed E-state index contributed by atoms with van der Waals surface area (Å²) in [6.45, 7) is 2.02. The molecule has 0 fully saturated rings. The van der Waals surface area contributed by atoms with Crippen molar-refractivity contribution < 1.29 is 0 Å². The summed E-state index contributed by atoms with van der Waals surface area (Å²) in [6, 6.07) is 6.22. The number of nitrogens with zero attached hydrogens (tertiary/aromatic N) is 1. The second-order valence-electron chi connectivity index (χ2n) is 3.73. The highest BCUT2D eigenvalue weighted by Crippen LogP contribution is 2.14. The maximum atomic E-state index is 5.85. The molecular formula is C12H15N3. The van der Waals surface area contributed by atoms with E-state index in [4.69, 9.17) is 5.73 Å². The third-order valence-corrected chi connectivity index (χ3v) is 2.55. The summed E-state index contributed by atoms with van der Waals surface area (Å²) in [6.07, 6.45) is 5.52. The van der Waals surface area contributed by atoms with E-state index in [0.29, 0.717) is 0 Å². The van der Waals surface area contributed by atoms with Crippen molar-refractivity contribution in [1.29, 1.82) is 0 Å². The fraction of sp³-hybridized carbons (Fsp3) is 0.250. The van der Waals surface area contributed by atoms with Gasteiger partial charge in [-0.15, -0.1) is 0 Å². The number of benzene rings is 1. The molecule has 15 heavy (non-hydrogen) atoms. The standard InChI is InChI=1S/C12H15N3/c1-9-2-3-10(8-11(9)13)4-5-12-14-6-7-15-12/h2-3,6-8H,4-5,13H2,1H3,(H,14,15). The third-order valence-electron chi connectivity index (χ3n) is 2.55. The summed E-state index contributed by atoms with van der Waals surface area (Å²) in [5, 5.41) is 0. The van der Waals surface area contributed by atoms with Gasteiger partial charge in [0.05, 0.1) is 0 Å². The van der Waals surface area contributed by atoms with Crippen LogP contribution in [0, 0.1) is 6.92 Å². The molecule has 0 saturated heterocycles. The Kier molecular flexibility index (Phi) is 2.72. The molecule has 0 bridgehead atoms. The molecule has 3 heteroatoms. The Balaban J connectivity index is 2.02. The van der Waals surface area contributed by atoms with Gasteiger partial charge in [-0.3, -0.25) is 0 Å². The van der Waals surface area contributed by atoms with E-state index in [2.05, 4.69) is 22.1 Å². The minimum atomic E-state index is 0.868.